The number of carbonyl (C=O) groups excluding carboxylic acids is 1. The van der Waals surface area contributed by atoms with Crippen molar-refractivity contribution in [2.24, 2.45) is 0 Å². The van der Waals surface area contributed by atoms with Crippen LogP contribution in [0.2, 0.25) is 0 Å². The number of fused-ring (bicyclic) bond motifs is 1. The van der Waals surface area contributed by atoms with E-state index in [1.807, 2.05) is 32.0 Å². The fourth-order valence-electron chi connectivity index (χ4n) is 2.34. The van der Waals surface area contributed by atoms with Gasteiger partial charge in [-0.15, -0.1) is 10.2 Å². The van der Waals surface area contributed by atoms with Gasteiger partial charge in [-0.25, -0.2) is 9.78 Å². The summed E-state index contributed by atoms with van der Waals surface area (Å²) in [7, 11) is 1.74. The molecule has 0 radical (unpaired) electrons. The average Bonchev–Trinajstić information content (AvgIpc) is 3.17. The molecule has 3 rings (SSSR count). The number of aromatic amines is 1. The highest BCUT2D eigenvalue weighted by Crippen LogP contribution is 2.14. The van der Waals surface area contributed by atoms with Gasteiger partial charge in [0.25, 0.3) is 0 Å². The number of nitrogens with one attached hydrogen (secondary N) is 2. The largest absolute Gasteiger partial charge is 0.340 e. The van der Waals surface area contributed by atoms with E-state index in [2.05, 4.69) is 25.5 Å². The number of imidazole rings is 1. The highest BCUT2D eigenvalue weighted by atomic mass is 32.1. The average molecular weight is 344 g/mol. The second-order valence-corrected chi connectivity index (χ2v) is 6.81. The van der Waals surface area contributed by atoms with Crippen molar-refractivity contribution in [2.45, 2.75) is 33.4 Å². The zero-order valence-electron chi connectivity index (χ0n) is 14.0. The normalized spacial score (nSPS) is 11.0. The van der Waals surface area contributed by atoms with Crippen LogP contribution in [0, 0.1) is 6.92 Å². The first kappa shape index (κ1) is 16.4. The van der Waals surface area contributed by atoms with Crippen LogP contribution in [0.3, 0.4) is 0 Å². The summed E-state index contributed by atoms with van der Waals surface area (Å²) in [5.74, 6) is 0.762. The summed E-state index contributed by atoms with van der Waals surface area (Å²) in [6, 6.07) is 5.88. The molecule has 0 atom stereocenters. The molecule has 1 aromatic carbocycles. The van der Waals surface area contributed by atoms with Crippen LogP contribution >= 0.6 is 11.3 Å². The predicted molar refractivity (Wildman–Crippen MR) is 93.8 cm³/mol. The quantitative estimate of drug-likeness (QED) is 0.745. The maximum absolute atomic E-state index is 12.2. The minimum atomic E-state index is -0.167. The molecule has 0 spiro atoms. The van der Waals surface area contributed by atoms with Crippen LogP contribution in [0.4, 0.5) is 4.79 Å². The molecule has 2 N–H and O–H groups in total. The van der Waals surface area contributed by atoms with Crippen molar-refractivity contribution in [1.82, 2.24) is 30.4 Å². The molecule has 3 aromatic rings. The van der Waals surface area contributed by atoms with Gasteiger partial charge >= 0.3 is 6.03 Å². The molecule has 0 saturated carbocycles. The number of benzene rings is 1. The van der Waals surface area contributed by atoms with Crippen molar-refractivity contribution in [3.8, 4) is 0 Å². The van der Waals surface area contributed by atoms with E-state index in [1.54, 1.807) is 11.9 Å². The van der Waals surface area contributed by atoms with Gasteiger partial charge in [-0.05, 0) is 31.0 Å². The van der Waals surface area contributed by atoms with E-state index < -0.39 is 0 Å². The third-order valence-electron chi connectivity index (χ3n) is 3.62. The standard InChI is InChI=1S/C16H20N6OS/c1-4-14-20-21-15(24-14)8-17-16(23)22(3)9-13-18-11-6-5-10(2)7-12(11)19-13/h5-7H,4,8-9H2,1-3H3,(H,17,23)(H,18,19). The van der Waals surface area contributed by atoms with Crippen LogP contribution in [0.25, 0.3) is 11.0 Å². The van der Waals surface area contributed by atoms with Crippen LogP contribution in [0.15, 0.2) is 18.2 Å². The number of amides is 2. The Labute approximate surface area is 144 Å². The van der Waals surface area contributed by atoms with Crippen molar-refractivity contribution in [3.05, 3.63) is 39.6 Å². The topological polar surface area (TPSA) is 86.8 Å². The third-order valence-corrected chi connectivity index (χ3v) is 4.69. The summed E-state index contributed by atoms with van der Waals surface area (Å²) in [5, 5.41) is 12.7. The number of H-pyrrole nitrogens is 1. The Morgan fingerprint density at radius 2 is 2.12 bits per heavy atom. The molecule has 126 valence electrons. The first-order valence-corrected chi connectivity index (χ1v) is 8.62. The maximum Gasteiger partial charge on any atom is 0.317 e. The number of hydrogen-bond donors (Lipinski definition) is 2. The Morgan fingerprint density at radius 3 is 2.88 bits per heavy atom. The molecule has 2 amide bonds. The molecule has 24 heavy (non-hydrogen) atoms. The summed E-state index contributed by atoms with van der Waals surface area (Å²) in [5.41, 5.74) is 3.07. The van der Waals surface area contributed by atoms with Gasteiger partial charge in [-0.2, -0.15) is 0 Å². The lowest BCUT2D eigenvalue weighted by Gasteiger charge is -2.15. The summed E-state index contributed by atoms with van der Waals surface area (Å²) in [6.07, 6.45) is 0.858. The molecule has 7 nitrogen and oxygen atoms in total. The highest BCUT2D eigenvalue weighted by Gasteiger charge is 2.12. The van der Waals surface area contributed by atoms with Crippen LogP contribution in [-0.4, -0.2) is 38.1 Å². The summed E-state index contributed by atoms with van der Waals surface area (Å²) in [6.45, 7) is 4.87. The molecular formula is C16H20N6OS. The van der Waals surface area contributed by atoms with E-state index in [1.165, 1.54) is 16.9 Å². The highest BCUT2D eigenvalue weighted by molar-refractivity contribution is 7.11. The smallest absolute Gasteiger partial charge is 0.317 e. The number of carbonyl (C=O) groups is 1. The van der Waals surface area contributed by atoms with E-state index in [4.69, 9.17) is 0 Å². The summed E-state index contributed by atoms with van der Waals surface area (Å²) in [4.78, 5) is 21.6. The van der Waals surface area contributed by atoms with Crippen molar-refractivity contribution in [1.29, 1.82) is 0 Å². The number of urea groups is 1. The molecular weight excluding hydrogens is 324 g/mol. The fraction of sp³-hybridized carbons (Fsp3) is 0.375. The predicted octanol–water partition coefficient (Wildman–Crippen LogP) is 2.63. The molecule has 0 aliphatic rings. The Balaban J connectivity index is 1.58. The zero-order valence-corrected chi connectivity index (χ0v) is 14.8. The third kappa shape index (κ3) is 3.70. The van der Waals surface area contributed by atoms with Gasteiger partial charge in [-0.1, -0.05) is 24.3 Å². The van der Waals surface area contributed by atoms with Gasteiger partial charge in [0.2, 0.25) is 0 Å². The van der Waals surface area contributed by atoms with Crippen molar-refractivity contribution >= 4 is 28.4 Å². The van der Waals surface area contributed by atoms with Crippen LogP contribution in [0.1, 0.15) is 28.3 Å². The number of aromatic nitrogens is 4. The Morgan fingerprint density at radius 1 is 1.33 bits per heavy atom. The van der Waals surface area contributed by atoms with Gasteiger partial charge < -0.3 is 15.2 Å². The second-order valence-electron chi connectivity index (χ2n) is 5.66. The van der Waals surface area contributed by atoms with Crippen molar-refractivity contribution in [3.63, 3.8) is 0 Å². The van der Waals surface area contributed by atoms with Crippen molar-refractivity contribution < 1.29 is 4.79 Å². The molecule has 8 heteroatoms. The van der Waals surface area contributed by atoms with Crippen LogP contribution in [-0.2, 0) is 19.5 Å². The first-order chi connectivity index (χ1) is 11.5. The van der Waals surface area contributed by atoms with E-state index in [0.717, 1.165) is 33.3 Å². The number of hydrogen-bond acceptors (Lipinski definition) is 5. The lowest BCUT2D eigenvalue weighted by atomic mass is 10.2. The van der Waals surface area contributed by atoms with Gasteiger partial charge in [0, 0.05) is 7.05 Å². The van der Waals surface area contributed by atoms with Crippen LogP contribution < -0.4 is 5.32 Å². The molecule has 2 heterocycles. The Hall–Kier alpha value is -2.48. The molecule has 0 unspecified atom stereocenters. The number of rotatable bonds is 5. The molecule has 2 aromatic heterocycles. The first-order valence-electron chi connectivity index (χ1n) is 7.80. The lowest BCUT2D eigenvalue weighted by molar-refractivity contribution is 0.205. The minimum Gasteiger partial charge on any atom is -0.340 e. The lowest BCUT2D eigenvalue weighted by Crippen LogP contribution is -2.36. The van der Waals surface area contributed by atoms with E-state index in [9.17, 15) is 4.79 Å². The van der Waals surface area contributed by atoms with E-state index >= 15 is 0 Å². The van der Waals surface area contributed by atoms with E-state index in [0.29, 0.717) is 13.1 Å². The van der Waals surface area contributed by atoms with E-state index in [-0.39, 0.29) is 6.03 Å². The zero-order chi connectivity index (χ0) is 17.1. The van der Waals surface area contributed by atoms with Gasteiger partial charge in [0.1, 0.15) is 15.8 Å². The number of nitrogens with zero attached hydrogens (tertiary/aromatic N) is 4. The monoisotopic (exact) mass is 344 g/mol. The molecule has 0 aliphatic heterocycles. The summed E-state index contributed by atoms with van der Waals surface area (Å²) < 4.78 is 0. The van der Waals surface area contributed by atoms with Gasteiger partial charge in [0.05, 0.1) is 24.1 Å². The fourth-order valence-corrected chi connectivity index (χ4v) is 3.06. The Bertz CT molecular complexity index is 855. The van der Waals surface area contributed by atoms with Crippen LogP contribution in [0.5, 0.6) is 0 Å². The maximum atomic E-state index is 12.2. The molecule has 0 saturated heterocycles. The molecule has 0 bridgehead atoms. The second kappa shape index (κ2) is 6.96. The minimum absolute atomic E-state index is 0.167. The van der Waals surface area contributed by atoms with Crippen molar-refractivity contribution in [2.75, 3.05) is 7.05 Å². The van der Waals surface area contributed by atoms with Gasteiger partial charge in [0.15, 0.2) is 0 Å². The molecule has 0 aliphatic carbocycles. The van der Waals surface area contributed by atoms with Gasteiger partial charge in [-0.3, -0.25) is 0 Å². The SMILES string of the molecule is CCc1nnc(CNC(=O)N(C)Cc2nc3ccc(C)cc3[nH]2)s1. The Kier molecular flexibility index (Phi) is 4.75. The summed E-state index contributed by atoms with van der Waals surface area (Å²) >= 11 is 1.52. The number of aryl methyl sites for hydroxylation is 2. The molecule has 0 fully saturated rings.